The van der Waals surface area contributed by atoms with Crippen molar-refractivity contribution in [1.29, 1.82) is 0 Å². The lowest BCUT2D eigenvalue weighted by molar-refractivity contribution is -0.119. The topological polar surface area (TPSA) is 149 Å². The van der Waals surface area contributed by atoms with Gasteiger partial charge in [0.2, 0.25) is 5.13 Å². The first-order valence-electron chi connectivity index (χ1n) is 12.6. The molecule has 0 aliphatic rings. The Balaban J connectivity index is 1.32. The third kappa shape index (κ3) is 5.92. The largest absolute Gasteiger partial charge is 0.451 e. The van der Waals surface area contributed by atoms with Gasteiger partial charge in [-0.2, -0.15) is 0 Å². The van der Waals surface area contributed by atoms with Gasteiger partial charge in [0.1, 0.15) is 10.7 Å². The Bertz CT molecular complexity index is 1980. The summed E-state index contributed by atoms with van der Waals surface area (Å²) in [4.78, 5) is 39.0. The minimum Gasteiger partial charge on any atom is -0.451 e. The molecule has 0 bridgehead atoms. The number of amides is 1. The van der Waals surface area contributed by atoms with Crippen LogP contribution >= 0.6 is 11.3 Å². The van der Waals surface area contributed by atoms with Crippen LogP contribution in [0.5, 0.6) is 0 Å². The van der Waals surface area contributed by atoms with Crippen LogP contribution in [0.2, 0.25) is 0 Å². The van der Waals surface area contributed by atoms with Gasteiger partial charge in [0.25, 0.3) is 21.5 Å². The zero-order valence-electron chi connectivity index (χ0n) is 22.7. The van der Waals surface area contributed by atoms with Crippen molar-refractivity contribution >= 4 is 54.8 Å². The molecule has 0 unspecified atom stereocenters. The van der Waals surface area contributed by atoms with Gasteiger partial charge in [-0.25, -0.2) is 13.2 Å². The van der Waals surface area contributed by atoms with E-state index in [2.05, 4.69) is 20.2 Å². The minimum atomic E-state index is -3.90. The molecule has 11 nitrogen and oxygen atoms in total. The summed E-state index contributed by atoms with van der Waals surface area (Å²) in [6.45, 7) is 3.02. The van der Waals surface area contributed by atoms with Crippen LogP contribution in [-0.4, -0.2) is 41.7 Å². The summed E-state index contributed by atoms with van der Waals surface area (Å²) in [7, 11) is -2.42. The van der Waals surface area contributed by atoms with Gasteiger partial charge in [0, 0.05) is 23.7 Å². The van der Waals surface area contributed by atoms with Gasteiger partial charge in [0.05, 0.1) is 4.90 Å². The molecule has 2 heterocycles. The number of hydrogen-bond acceptors (Lipinski definition) is 9. The highest BCUT2D eigenvalue weighted by Crippen LogP contribution is 2.31. The summed E-state index contributed by atoms with van der Waals surface area (Å²) in [6.07, 6.45) is 0. The summed E-state index contributed by atoms with van der Waals surface area (Å²) < 4.78 is 34.1. The van der Waals surface area contributed by atoms with E-state index in [4.69, 9.17) is 4.74 Å². The summed E-state index contributed by atoms with van der Waals surface area (Å²) >= 11 is 1.10. The Morgan fingerprint density at radius 2 is 1.60 bits per heavy atom. The van der Waals surface area contributed by atoms with Gasteiger partial charge in [-0.05, 0) is 55.1 Å². The SMILES string of the molecule is Cc1ccc(-c2c(C(=O)OCC(=O)Nc3ccc(S(=O)(=O)Nc4nnc(C)s4)cc3)n(C)c(=O)c3ccccc23)cc1. The molecule has 2 aromatic heterocycles. The van der Waals surface area contributed by atoms with Crippen LogP contribution in [0, 0.1) is 13.8 Å². The second kappa shape index (κ2) is 11.5. The van der Waals surface area contributed by atoms with Crippen molar-refractivity contribution in [1.82, 2.24) is 14.8 Å². The Hall–Kier alpha value is -4.88. The Morgan fingerprint density at radius 3 is 2.24 bits per heavy atom. The van der Waals surface area contributed by atoms with Crippen molar-refractivity contribution in [3.63, 3.8) is 0 Å². The molecule has 0 atom stereocenters. The summed E-state index contributed by atoms with van der Waals surface area (Å²) in [5.41, 5.74) is 2.20. The number of hydrogen-bond donors (Lipinski definition) is 2. The van der Waals surface area contributed by atoms with Crippen molar-refractivity contribution in [3.8, 4) is 11.1 Å². The van der Waals surface area contributed by atoms with Gasteiger partial charge in [-0.1, -0.05) is 59.4 Å². The first kappa shape index (κ1) is 28.6. The lowest BCUT2D eigenvalue weighted by Crippen LogP contribution is -2.28. The molecular formula is C29H25N5O6S2. The molecule has 0 aliphatic carbocycles. The highest BCUT2D eigenvalue weighted by atomic mass is 32.2. The normalized spacial score (nSPS) is 11.3. The average Bonchev–Trinajstić information content (AvgIpc) is 3.38. The number of pyridine rings is 1. The van der Waals surface area contributed by atoms with E-state index >= 15 is 0 Å². The molecular weight excluding hydrogens is 578 g/mol. The predicted molar refractivity (Wildman–Crippen MR) is 160 cm³/mol. The first-order chi connectivity index (χ1) is 20.0. The molecule has 13 heteroatoms. The quantitative estimate of drug-likeness (QED) is 0.250. The zero-order valence-corrected chi connectivity index (χ0v) is 24.4. The number of nitrogens with zero attached hydrogens (tertiary/aromatic N) is 3. The van der Waals surface area contributed by atoms with Crippen LogP contribution in [0.25, 0.3) is 21.9 Å². The number of sulfonamides is 1. The molecule has 214 valence electrons. The molecule has 5 aromatic rings. The monoisotopic (exact) mass is 603 g/mol. The van der Waals surface area contributed by atoms with E-state index in [0.29, 0.717) is 27.0 Å². The second-order valence-electron chi connectivity index (χ2n) is 9.38. The maximum atomic E-state index is 13.3. The van der Waals surface area contributed by atoms with Gasteiger partial charge >= 0.3 is 5.97 Å². The van der Waals surface area contributed by atoms with E-state index in [0.717, 1.165) is 22.5 Å². The number of carbonyl (C=O) groups excluding carboxylic acids is 2. The van der Waals surface area contributed by atoms with Crippen molar-refractivity contribution in [3.05, 3.63) is 99.4 Å². The highest BCUT2D eigenvalue weighted by Gasteiger charge is 2.24. The number of fused-ring (bicyclic) bond motifs is 1. The molecule has 42 heavy (non-hydrogen) atoms. The van der Waals surface area contributed by atoms with Crippen molar-refractivity contribution in [2.75, 3.05) is 16.6 Å². The lowest BCUT2D eigenvalue weighted by atomic mass is 9.96. The van der Waals surface area contributed by atoms with E-state index in [1.807, 2.05) is 31.2 Å². The fourth-order valence-corrected chi connectivity index (χ4v) is 6.16. The van der Waals surface area contributed by atoms with Crippen LogP contribution in [-0.2, 0) is 26.6 Å². The maximum absolute atomic E-state index is 13.3. The third-order valence-corrected chi connectivity index (χ3v) is 8.61. The summed E-state index contributed by atoms with van der Waals surface area (Å²) in [5.74, 6) is -1.49. The Kier molecular flexibility index (Phi) is 7.87. The van der Waals surface area contributed by atoms with E-state index in [1.165, 1.54) is 35.9 Å². The minimum absolute atomic E-state index is 0.0167. The highest BCUT2D eigenvalue weighted by molar-refractivity contribution is 7.93. The standard InChI is InChI=1S/C29H25N5O6S2/c1-17-8-10-19(11-9-17)25-22-6-4-5-7-23(22)27(36)34(3)26(25)28(37)40-16-24(35)30-20-12-14-21(15-13-20)42(38,39)33-29-32-31-18(2)41-29/h4-15H,16H2,1-3H3,(H,30,35)(H,32,33). The van der Waals surface area contributed by atoms with Crippen LogP contribution in [0.3, 0.4) is 0 Å². The number of anilines is 2. The predicted octanol–water partition coefficient (Wildman–Crippen LogP) is 4.27. The fourth-order valence-electron chi connectivity index (χ4n) is 4.34. The molecule has 0 saturated heterocycles. The van der Waals surface area contributed by atoms with Crippen LogP contribution in [0.1, 0.15) is 21.1 Å². The van der Waals surface area contributed by atoms with Gasteiger partial charge in [-0.15, -0.1) is 10.2 Å². The number of aryl methyl sites for hydroxylation is 2. The Morgan fingerprint density at radius 1 is 0.929 bits per heavy atom. The van der Waals surface area contributed by atoms with Gasteiger partial charge in [-0.3, -0.25) is 14.3 Å². The van der Waals surface area contributed by atoms with Gasteiger partial charge < -0.3 is 14.6 Å². The number of benzene rings is 3. The third-order valence-electron chi connectivity index (χ3n) is 6.37. The van der Waals surface area contributed by atoms with E-state index < -0.39 is 28.5 Å². The fraction of sp³-hybridized carbons (Fsp3) is 0.138. The lowest BCUT2D eigenvalue weighted by Gasteiger charge is -2.17. The number of carbonyl (C=O) groups is 2. The molecule has 0 radical (unpaired) electrons. The van der Waals surface area contributed by atoms with Gasteiger partial charge in [0.15, 0.2) is 6.61 Å². The van der Waals surface area contributed by atoms with E-state index in [1.54, 1.807) is 31.2 Å². The van der Waals surface area contributed by atoms with E-state index in [9.17, 15) is 22.8 Å². The number of aromatic nitrogens is 3. The molecule has 1 amide bonds. The van der Waals surface area contributed by atoms with Crippen LogP contribution < -0.4 is 15.6 Å². The molecule has 0 fully saturated rings. The van der Waals surface area contributed by atoms with Crippen molar-refractivity contribution in [2.24, 2.45) is 7.05 Å². The second-order valence-corrected chi connectivity index (χ2v) is 12.2. The van der Waals surface area contributed by atoms with Crippen LogP contribution in [0.4, 0.5) is 10.8 Å². The summed E-state index contributed by atoms with van der Waals surface area (Å²) in [5, 5.41) is 11.9. The molecule has 2 N–H and O–H groups in total. The van der Waals surface area contributed by atoms with Crippen molar-refractivity contribution in [2.45, 2.75) is 18.7 Å². The molecule has 0 aliphatic heterocycles. The maximum Gasteiger partial charge on any atom is 0.356 e. The summed E-state index contributed by atoms with van der Waals surface area (Å²) in [6, 6.07) is 20.0. The zero-order chi connectivity index (χ0) is 30.0. The van der Waals surface area contributed by atoms with Crippen molar-refractivity contribution < 1.29 is 22.7 Å². The number of rotatable bonds is 8. The number of nitrogens with one attached hydrogen (secondary N) is 2. The number of ether oxygens (including phenoxy) is 1. The molecule has 0 saturated carbocycles. The molecule has 5 rings (SSSR count). The van der Waals surface area contributed by atoms with E-state index in [-0.39, 0.29) is 21.3 Å². The number of esters is 1. The first-order valence-corrected chi connectivity index (χ1v) is 14.9. The Labute approximate surface area is 244 Å². The average molecular weight is 604 g/mol. The molecule has 3 aromatic carbocycles. The smallest absolute Gasteiger partial charge is 0.356 e. The van der Waals surface area contributed by atoms with Crippen LogP contribution in [0.15, 0.2) is 82.5 Å². The molecule has 0 spiro atoms.